The number of hydrogen-bond acceptors (Lipinski definition) is 3. The molecule has 2 rings (SSSR count). The van der Waals surface area contributed by atoms with Gasteiger partial charge in [-0.1, -0.05) is 17.3 Å². The van der Waals surface area contributed by atoms with Gasteiger partial charge in [0.1, 0.15) is 0 Å². The van der Waals surface area contributed by atoms with E-state index in [0.29, 0.717) is 5.56 Å². The Morgan fingerprint density at radius 2 is 2.26 bits per heavy atom. The van der Waals surface area contributed by atoms with Crippen LogP contribution in [0, 0.1) is 16.4 Å². The normalized spacial score (nSPS) is 17.1. The number of hydrogen-bond donors (Lipinski definition) is 3. The Hall–Kier alpha value is -1.31. The number of oxime groups is 1. The predicted octanol–water partition coefficient (Wildman–Crippen LogP) is 1.85. The van der Waals surface area contributed by atoms with Gasteiger partial charge in [0, 0.05) is 3.57 Å². The minimum absolute atomic E-state index is 0.0681. The number of carbonyl (C=O) groups is 1. The Morgan fingerprint density at radius 3 is 2.84 bits per heavy atom. The molecule has 1 unspecified atom stereocenters. The first-order valence-corrected chi connectivity index (χ1v) is 7.16. The monoisotopic (exact) mass is 373 g/mol. The Kier molecular flexibility index (Phi) is 4.28. The second-order valence-corrected chi connectivity index (χ2v) is 5.83. The molecule has 0 aromatic heterocycles. The molecule has 19 heavy (non-hydrogen) atoms. The summed E-state index contributed by atoms with van der Waals surface area (Å²) in [7, 11) is 0. The second-order valence-electron chi connectivity index (χ2n) is 4.75. The first kappa shape index (κ1) is 14.1. The molecule has 102 valence electrons. The van der Waals surface area contributed by atoms with E-state index in [1.807, 2.05) is 19.1 Å². The van der Waals surface area contributed by atoms with Crippen molar-refractivity contribution in [3.8, 4) is 0 Å². The minimum Gasteiger partial charge on any atom is -0.409 e. The third-order valence-electron chi connectivity index (χ3n) is 3.25. The SMILES string of the molecule is Cc1cccc(C(=O)NC(/C(N)=N/O)C2CC2)c1I. The van der Waals surface area contributed by atoms with Gasteiger partial charge < -0.3 is 16.3 Å². The summed E-state index contributed by atoms with van der Waals surface area (Å²) in [6.07, 6.45) is 1.98. The molecule has 1 aliphatic rings. The van der Waals surface area contributed by atoms with Crippen molar-refractivity contribution in [1.82, 2.24) is 5.32 Å². The lowest BCUT2D eigenvalue weighted by atomic mass is 10.1. The van der Waals surface area contributed by atoms with Crippen molar-refractivity contribution in [3.05, 3.63) is 32.9 Å². The van der Waals surface area contributed by atoms with Gasteiger partial charge in [-0.15, -0.1) is 0 Å². The van der Waals surface area contributed by atoms with Gasteiger partial charge in [0.05, 0.1) is 11.6 Å². The van der Waals surface area contributed by atoms with E-state index in [9.17, 15) is 4.79 Å². The maximum Gasteiger partial charge on any atom is 0.252 e. The molecule has 0 heterocycles. The highest BCUT2D eigenvalue weighted by atomic mass is 127. The van der Waals surface area contributed by atoms with E-state index in [0.717, 1.165) is 22.0 Å². The summed E-state index contributed by atoms with van der Waals surface area (Å²) in [6.45, 7) is 1.96. The summed E-state index contributed by atoms with van der Waals surface area (Å²) in [5.74, 6) is 0.164. The van der Waals surface area contributed by atoms with Crippen LogP contribution in [0.15, 0.2) is 23.4 Å². The first-order chi connectivity index (χ1) is 9.04. The summed E-state index contributed by atoms with van der Waals surface area (Å²) in [5, 5.41) is 14.6. The van der Waals surface area contributed by atoms with Crippen molar-refractivity contribution in [2.45, 2.75) is 25.8 Å². The number of nitrogens with zero attached hydrogens (tertiary/aromatic N) is 1. The number of amidine groups is 1. The Bertz CT molecular complexity index is 527. The van der Waals surface area contributed by atoms with Gasteiger partial charge in [-0.05, 0) is 59.9 Å². The molecule has 0 radical (unpaired) electrons. The molecule has 1 aromatic rings. The van der Waals surface area contributed by atoms with Crippen LogP contribution in [0.3, 0.4) is 0 Å². The summed E-state index contributed by atoms with van der Waals surface area (Å²) in [4.78, 5) is 12.3. The summed E-state index contributed by atoms with van der Waals surface area (Å²) >= 11 is 2.15. The topological polar surface area (TPSA) is 87.7 Å². The highest BCUT2D eigenvalue weighted by molar-refractivity contribution is 14.1. The van der Waals surface area contributed by atoms with Crippen LogP contribution in [0.5, 0.6) is 0 Å². The molecule has 4 N–H and O–H groups in total. The highest BCUT2D eigenvalue weighted by Crippen LogP contribution is 2.33. The summed E-state index contributed by atoms with van der Waals surface area (Å²) in [5.41, 5.74) is 7.31. The number of halogens is 1. The van der Waals surface area contributed by atoms with E-state index in [1.165, 1.54) is 0 Å². The van der Waals surface area contributed by atoms with Crippen molar-refractivity contribution in [2.75, 3.05) is 0 Å². The fraction of sp³-hybridized carbons (Fsp3) is 0.385. The number of nitrogens with two attached hydrogens (primary N) is 1. The molecule has 6 heteroatoms. The summed E-state index contributed by atoms with van der Waals surface area (Å²) < 4.78 is 0.923. The van der Waals surface area contributed by atoms with Crippen molar-refractivity contribution in [2.24, 2.45) is 16.8 Å². The zero-order valence-corrected chi connectivity index (χ0v) is 12.7. The lowest BCUT2D eigenvalue weighted by Crippen LogP contribution is -2.46. The third-order valence-corrected chi connectivity index (χ3v) is 4.68. The minimum atomic E-state index is -0.381. The molecule has 0 spiro atoms. The molecule has 0 bridgehead atoms. The quantitative estimate of drug-likeness (QED) is 0.248. The lowest BCUT2D eigenvalue weighted by Gasteiger charge is -2.17. The zero-order chi connectivity index (χ0) is 14.0. The van der Waals surface area contributed by atoms with Gasteiger partial charge >= 0.3 is 0 Å². The van der Waals surface area contributed by atoms with Crippen LogP contribution < -0.4 is 11.1 Å². The number of nitrogens with one attached hydrogen (secondary N) is 1. The van der Waals surface area contributed by atoms with E-state index in [4.69, 9.17) is 10.9 Å². The molecule has 5 nitrogen and oxygen atoms in total. The van der Waals surface area contributed by atoms with Gasteiger partial charge in [0.15, 0.2) is 5.84 Å². The first-order valence-electron chi connectivity index (χ1n) is 6.08. The molecule has 1 atom stereocenters. The van der Waals surface area contributed by atoms with Gasteiger partial charge in [0.25, 0.3) is 5.91 Å². The maximum atomic E-state index is 12.3. The molecule has 0 aliphatic heterocycles. The van der Waals surface area contributed by atoms with E-state index in [2.05, 4.69) is 33.1 Å². The smallest absolute Gasteiger partial charge is 0.252 e. The van der Waals surface area contributed by atoms with Crippen LogP contribution in [-0.2, 0) is 0 Å². The van der Waals surface area contributed by atoms with Crippen LogP contribution in [-0.4, -0.2) is 23.0 Å². The average molecular weight is 373 g/mol. The molecular formula is C13H16IN3O2. The Balaban J connectivity index is 2.17. The van der Waals surface area contributed by atoms with Gasteiger partial charge in [0.2, 0.25) is 0 Å². The van der Waals surface area contributed by atoms with E-state index in [1.54, 1.807) is 6.07 Å². The second kappa shape index (κ2) is 5.77. The standard InChI is InChI=1S/C13H16IN3O2/c1-7-3-2-4-9(10(7)14)13(18)16-11(8-5-6-8)12(15)17-19/h2-4,8,11,19H,5-6H2,1H3,(H2,15,17)(H,16,18). The molecule has 1 aliphatic carbocycles. The average Bonchev–Trinajstić information content (AvgIpc) is 3.22. The van der Waals surface area contributed by atoms with Crippen LogP contribution in [0.25, 0.3) is 0 Å². The number of amides is 1. The molecule has 1 amide bonds. The number of rotatable bonds is 4. The van der Waals surface area contributed by atoms with Crippen molar-refractivity contribution in [1.29, 1.82) is 0 Å². The van der Waals surface area contributed by atoms with Crippen LogP contribution in [0.2, 0.25) is 0 Å². The Morgan fingerprint density at radius 1 is 1.58 bits per heavy atom. The highest BCUT2D eigenvalue weighted by Gasteiger charge is 2.35. The lowest BCUT2D eigenvalue weighted by molar-refractivity contribution is 0.0942. The van der Waals surface area contributed by atoms with Crippen molar-refractivity contribution >= 4 is 34.3 Å². The van der Waals surface area contributed by atoms with Gasteiger partial charge in [-0.2, -0.15) is 0 Å². The fourth-order valence-corrected chi connectivity index (χ4v) is 2.57. The van der Waals surface area contributed by atoms with E-state index < -0.39 is 0 Å². The van der Waals surface area contributed by atoms with Gasteiger partial charge in [-0.25, -0.2) is 0 Å². The van der Waals surface area contributed by atoms with Crippen molar-refractivity contribution < 1.29 is 10.0 Å². The third kappa shape index (κ3) is 3.17. The van der Waals surface area contributed by atoms with E-state index in [-0.39, 0.29) is 23.7 Å². The van der Waals surface area contributed by atoms with Crippen LogP contribution >= 0.6 is 22.6 Å². The molecule has 0 saturated heterocycles. The number of aryl methyl sites for hydroxylation is 1. The summed E-state index contributed by atoms with van der Waals surface area (Å²) in [6, 6.07) is 5.21. The van der Waals surface area contributed by atoms with Crippen molar-refractivity contribution in [3.63, 3.8) is 0 Å². The maximum absolute atomic E-state index is 12.3. The number of carbonyl (C=O) groups excluding carboxylic acids is 1. The zero-order valence-electron chi connectivity index (χ0n) is 10.6. The Labute approximate surface area is 125 Å². The largest absolute Gasteiger partial charge is 0.409 e. The van der Waals surface area contributed by atoms with Gasteiger partial charge in [-0.3, -0.25) is 4.79 Å². The molecule has 1 fully saturated rings. The molecular weight excluding hydrogens is 357 g/mol. The van der Waals surface area contributed by atoms with Crippen LogP contribution in [0.4, 0.5) is 0 Å². The van der Waals surface area contributed by atoms with E-state index >= 15 is 0 Å². The molecule has 1 aromatic carbocycles. The number of benzene rings is 1. The molecule has 1 saturated carbocycles. The van der Waals surface area contributed by atoms with Crippen LogP contribution in [0.1, 0.15) is 28.8 Å². The predicted molar refractivity (Wildman–Crippen MR) is 81.3 cm³/mol. The fourth-order valence-electron chi connectivity index (χ4n) is 1.97.